The minimum Gasteiger partial charge on any atom is -0.502 e. The highest BCUT2D eigenvalue weighted by molar-refractivity contribution is 5.93. The highest BCUT2D eigenvalue weighted by Crippen LogP contribution is 2.49. The first-order valence-electron chi connectivity index (χ1n) is 13.5. The second-order valence-electron chi connectivity index (χ2n) is 9.15. The fourth-order valence-corrected chi connectivity index (χ4v) is 4.61. The van der Waals surface area contributed by atoms with Gasteiger partial charge in [0.25, 0.3) is 5.79 Å². The fourth-order valence-electron chi connectivity index (χ4n) is 4.61. The van der Waals surface area contributed by atoms with Gasteiger partial charge in [-0.25, -0.2) is 0 Å². The third kappa shape index (κ3) is 8.04. The molecule has 35 heavy (non-hydrogen) atoms. The summed E-state index contributed by atoms with van der Waals surface area (Å²) >= 11 is 0. The molecule has 2 rings (SSSR count). The molecule has 0 aromatic heterocycles. The number of phenolic OH excluding ortho intramolecular Hbond substituents is 1. The molecule has 0 bridgehead atoms. The van der Waals surface area contributed by atoms with Crippen molar-refractivity contribution in [3.05, 3.63) is 17.2 Å². The van der Waals surface area contributed by atoms with Crippen LogP contribution in [0, 0.1) is 0 Å². The van der Waals surface area contributed by atoms with Crippen molar-refractivity contribution >= 4 is 11.9 Å². The Balaban J connectivity index is 2.56. The van der Waals surface area contributed by atoms with Gasteiger partial charge in [0.1, 0.15) is 6.42 Å². The zero-order valence-electron chi connectivity index (χ0n) is 22.1. The average Bonchev–Trinajstić information content (AvgIpc) is 2.81. The largest absolute Gasteiger partial charge is 0.502 e. The first-order valence-corrected chi connectivity index (χ1v) is 13.5. The second-order valence-corrected chi connectivity index (χ2v) is 9.15. The van der Waals surface area contributed by atoms with Crippen LogP contribution < -0.4 is 9.47 Å². The molecular formula is C28H44O7. The van der Waals surface area contributed by atoms with Crippen molar-refractivity contribution in [3.8, 4) is 17.2 Å². The van der Waals surface area contributed by atoms with Gasteiger partial charge >= 0.3 is 11.9 Å². The third-order valence-electron chi connectivity index (χ3n) is 6.31. The van der Waals surface area contributed by atoms with E-state index in [1.54, 1.807) is 6.07 Å². The molecule has 1 aromatic rings. The topological polar surface area (TPSA) is 91.3 Å². The lowest BCUT2D eigenvalue weighted by Crippen LogP contribution is -2.43. The predicted molar refractivity (Wildman–Crippen MR) is 135 cm³/mol. The van der Waals surface area contributed by atoms with Crippen molar-refractivity contribution in [1.82, 2.24) is 0 Å². The van der Waals surface area contributed by atoms with Gasteiger partial charge in [0.15, 0.2) is 11.5 Å². The molecule has 0 unspecified atom stereocenters. The molecule has 1 fully saturated rings. The third-order valence-corrected chi connectivity index (χ3v) is 6.31. The van der Waals surface area contributed by atoms with Crippen molar-refractivity contribution in [2.45, 2.75) is 117 Å². The van der Waals surface area contributed by atoms with Crippen molar-refractivity contribution < 1.29 is 33.6 Å². The number of esters is 2. The lowest BCUT2D eigenvalue weighted by Gasteiger charge is -2.38. The molecule has 0 atom stereocenters. The highest BCUT2D eigenvalue weighted by atomic mass is 16.7. The van der Waals surface area contributed by atoms with Gasteiger partial charge in [-0.2, -0.15) is 0 Å². The maximum absolute atomic E-state index is 12.5. The summed E-state index contributed by atoms with van der Waals surface area (Å²) < 4.78 is 23.3. The van der Waals surface area contributed by atoms with Crippen LogP contribution in [0.2, 0.25) is 0 Å². The number of hydrogen-bond donors (Lipinski definition) is 1. The lowest BCUT2D eigenvalue weighted by atomic mass is 9.89. The molecule has 1 heterocycles. The summed E-state index contributed by atoms with van der Waals surface area (Å²) in [5.41, 5.74) is 1.25. The van der Waals surface area contributed by atoms with E-state index >= 15 is 0 Å². The van der Waals surface area contributed by atoms with Gasteiger partial charge in [0.05, 0.1) is 13.2 Å². The predicted octanol–water partition coefficient (Wildman–Crippen LogP) is 6.71. The summed E-state index contributed by atoms with van der Waals surface area (Å²) in [6, 6.07) is 1.67. The Bertz CT molecular complexity index is 802. The fraction of sp³-hybridized carbons (Fsp3) is 0.714. The normalized spacial score (nSPS) is 15.0. The number of carbonyl (C=O) groups is 2. The number of ether oxygens (including phenoxy) is 4. The summed E-state index contributed by atoms with van der Waals surface area (Å²) in [4.78, 5) is 25.0. The Hall–Kier alpha value is -2.44. The summed E-state index contributed by atoms with van der Waals surface area (Å²) in [5.74, 6) is -2.30. The Morgan fingerprint density at radius 1 is 0.829 bits per heavy atom. The van der Waals surface area contributed by atoms with E-state index < -0.39 is 24.1 Å². The molecule has 0 spiro atoms. The summed E-state index contributed by atoms with van der Waals surface area (Å²) in [6.07, 6.45) is 10.8. The minimum atomic E-state index is -1.55. The lowest BCUT2D eigenvalue weighted by molar-refractivity contribution is -0.253. The Morgan fingerprint density at radius 3 is 1.97 bits per heavy atom. The average molecular weight is 493 g/mol. The molecule has 0 radical (unpaired) electrons. The van der Waals surface area contributed by atoms with Crippen molar-refractivity contribution in [2.75, 3.05) is 13.2 Å². The van der Waals surface area contributed by atoms with Gasteiger partial charge in [-0.05, 0) is 39.2 Å². The number of carbonyl (C=O) groups excluding carboxylic acids is 2. The zero-order valence-corrected chi connectivity index (χ0v) is 22.1. The molecule has 7 heteroatoms. The van der Waals surface area contributed by atoms with E-state index in [1.807, 2.05) is 13.8 Å². The molecule has 198 valence electrons. The molecule has 1 aliphatic heterocycles. The van der Waals surface area contributed by atoms with Gasteiger partial charge < -0.3 is 24.1 Å². The maximum Gasteiger partial charge on any atom is 0.320 e. The SMILES string of the molecule is CCCCCCCc1c(C2(CCCCCCC)OC(=O)CC(=O)O2)cc(OCC)c(O)c1OCC. The standard InChI is InChI=1S/C28H44O7/c1-5-9-11-13-15-17-21-22(19-23(32-7-3)26(31)27(21)33-8-4)28(18-16-14-12-10-6-2)34-24(29)20-25(30)35-28/h19,31H,5-18,20H2,1-4H3. The van der Waals surface area contributed by atoms with E-state index in [4.69, 9.17) is 18.9 Å². The zero-order chi connectivity index (χ0) is 25.7. The monoisotopic (exact) mass is 492 g/mol. The van der Waals surface area contributed by atoms with Crippen LogP contribution in [0.3, 0.4) is 0 Å². The molecule has 7 nitrogen and oxygen atoms in total. The minimum absolute atomic E-state index is 0.0763. The number of aromatic hydroxyl groups is 1. The summed E-state index contributed by atoms with van der Waals surface area (Å²) in [6.45, 7) is 8.67. The van der Waals surface area contributed by atoms with Crippen molar-refractivity contribution in [2.24, 2.45) is 0 Å². The van der Waals surface area contributed by atoms with Gasteiger partial charge in [-0.1, -0.05) is 65.2 Å². The van der Waals surface area contributed by atoms with Crippen LogP contribution in [0.5, 0.6) is 17.2 Å². The molecule has 0 saturated carbocycles. The van der Waals surface area contributed by atoms with Gasteiger partial charge in [0, 0.05) is 17.5 Å². The summed E-state index contributed by atoms with van der Waals surface area (Å²) in [5, 5.41) is 11.0. The molecule has 1 N–H and O–H groups in total. The van der Waals surface area contributed by atoms with Crippen LogP contribution >= 0.6 is 0 Å². The molecule has 1 saturated heterocycles. The molecule has 1 aliphatic rings. The van der Waals surface area contributed by atoms with Crippen molar-refractivity contribution in [1.29, 1.82) is 0 Å². The Kier molecular flexibility index (Phi) is 12.2. The van der Waals surface area contributed by atoms with E-state index in [1.165, 1.54) is 0 Å². The van der Waals surface area contributed by atoms with E-state index in [0.29, 0.717) is 42.9 Å². The van der Waals surface area contributed by atoms with Gasteiger partial charge in [-0.15, -0.1) is 0 Å². The number of hydrogen-bond acceptors (Lipinski definition) is 7. The molecule has 0 aliphatic carbocycles. The van der Waals surface area contributed by atoms with Crippen LogP contribution in [-0.4, -0.2) is 30.3 Å². The van der Waals surface area contributed by atoms with Crippen molar-refractivity contribution in [3.63, 3.8) is 0 Å². The second kappa shape index (κ2) is 14.8. The molecular weight excluding hydrogens is 448 g/mol. The van der Waals surface area contributed by atoms with Crippen LogP contribution in [-0.2, 0) is 31.3 Å². The summed E-state index contributed by atoms with van der Waals surface area (Å²) in [7, 11) is 0. The molecule has 0 amide bonds. The number of cyclic esters (lactones) is 2. The first-order chi connectivity index (χ1) is 16.9. The number of phenols is 1. The highest BCUT2D eigenvalue weighted by Gasteiger charge is 2.47. The van der Waals surface area contributed by atoms with E-state index in [0.717, 1.165) is 64.2 Å². The van der Waals surface area contributed by atoms with Gasteiger partial charge in [0.2, 0.25) is 5.75 Å². The van der Waals surface area contributed by atoms with Crippen LogP contribution in [0.25, 0.3) is 0 Å². The van der Waals surface area contributed by atoms with Gasteiger partial charge in [-0.3, -0.25) is 9.59 Å². The quantitative estimate of drug-likeness (QED) is 0.147. The Morgan fingerprint density at radius 2 is 1.40 bits per heavy atom. The number of benzene rings is 1. The molecule has 1 aromatic carbocycles. The Labute approximate surface area is 210 Å². The van der Waals surface area contributed by atoms with E-state index in [2.05, 4.69) is 13.8 Å². The van der Waals surface area contributed by atoms with Crippen LogP contribution in [0.1, 0.15) is 116 Å². The number of rotatable bonds is 17. The van der Waals surface area contributed by atoms with E-state index in [9.17, 15) is 14.7 Å². The smallest absolute Gasteiger partial charge is 0.320 e. The van der Waals surface area contributed by atoms with Crippen LogP contribution in [0.15, 0.2) is 6.07 Å². The number of unbranched alkanes of at least 4 members (excludes halogenated alkanes) is 8. The maximum atomic E-state index is 12.5. The first kappa shape index (κ1) is 28.8. The van der Waals surface area contributed by atoms with E-state index in [-0.39, 0.29) is 11.5 Å². The van der Waals surface area contributed by atoms with Crippen LogP contribution in [0.4, 0.5) is 0 Å².